The molecule has 0 spiro atoms. The Balaban J connectivity index is 1.11. The van der Waals surface area contributed by atoms with Gasteiger partial charge < -0.3 is 4.90 Å². The quantitative estimate of drug-likeness (QED) is 0.158. The zero-order chi connectivity index (χ0) is 38.1. The number of hydrogen-bond donors (Lipinski definition) is 0. The van der Waals surface area contributed by atoms with Gasteiger partial charge in [0.05, 0.1) is 5.41 Å². The van der Waals surface area contributed by atoms with Crippen molar-refractivity contribution in [1.29, 1.82) is 0 Å². The van der Waals surface area contributed by atoms with Crippen molar-refractivity contribution in [3.05, 3.63) is 246 Å². The van der Waals surface area contributed by atoms with E-state index in [1.807, 2.05) is 0 Å². The Morgan fingerprint density at radius 2 is 0.842 bits per heavy atom. The maximum atomic E-state index is 2.45. The Morgan fingerprint density at radius 1 is 0.351 bits per heavy atom. The smallest absolute Gasteiger partial charge is 0.0714 e. The van der Waals surface area contributed by atoms with Gasteiger partial charge in [-0.05, 0) is 114 Å². The first-order valence-corrected chi connectivity index (χ1v) is 20.0. The summed E-state index contributed by atoms with van der Waals surface area (Å²) in [6, 6.07) is 78.5. The van der Waals surface area contributed by atoms with Crippen LogP contribution in [0.3, 0.4) is 0 Å². The van der Waals surface area contributed by atoms with E-state index in [-0.39, 0.29) is 5.41 Å². The molecule has 2 aliphatic carbocycles. The van der Waals surface area contributed by atoms with Gasteiger partial charge in [-0.25, -0.2) is 0 Å². The molecule has 0 amide bonds. The number of hydrogen-bond acceptors (Lipinski definition) is 1. The van der Waals surface area contributed by atoms with E-state index in [0.717, 1.165) is 17.1 Å². The summed E-state index contributed by atoms with van der Waals surface area (Å²) in [4.78, 5) is 2.42. The van der Waals surface area contributed by atoms with Crippen LogP contribution < -0.4 is 4.90 Å². The lowest BCUT2D eigenvalue weighted by molar-refractivity contribution is 0.652. The molecule has 0 fully saturated rings. The van der Waals surface area contributed by atoms with E-state index >= 15 is 0 Å². The lowest BCUT2D eigenvalue weighted by Crippen LogP contribution is -2.30. The van der Waals surface area contributed by atoms with Crippen LogP contribution in [0, 0.1) is 0 Å². The fourth-order valence-electron chi connectivity index (χ4n) is 10.1. The molecule has 0 heterocycles. The van der Waals surface area contributed by atoms with E-state index in [1.165, 1.54) is 77.5 Å². The van der Waals surface area contributed by atoms with Crippen molar-refractivity contribution in [2.75, 3.05) is 4.90 Å². The fraction of sp³-hybridized carbons (Fsp3) is 0.0714. The van der Waals surface area contributed by atoms with Gasteiger partial charge in [-0.2, -0.15) is 0 Å². The van der Waals surface area contributed by atoms with Crippen molar-refractivity contribution in [2.24, 2.45) is 0 Å². The molecule has 9 aromatic carbocycles. The number of nitrogens with zero attached hydrogens (tertiary/aromatic N) is 1. The minimum Gasteiger partial charge on any atom is -0.310 e. The Bertz CT molecular complexity index is 2900. The van der Waals surface area contributed by atoms with E-state index in [1.54, 1.807) is 0 Å². The highest BCUT2D eigenvalue weighted by molar-refractivity contribution is 5.98. The van der Waals surface area contributed by atoms with Gasteiger partial charge in [-0.1, -0.05) is 190 Å². The van der Waals surface area contributed by atoms with Gasteiger partial charge in [0.15, 0.2) is 0 Å². The molecule has 2 aliphatic rings. The van der Waals surface area contributed by atoms with E-state index < -0.39 is 5.41 Å². The van der Waals surface area contributed by atoms with Crippen LogP contribution in [-0.2, 0) is 10.8 Å². The van der Waals surface area contributed by atoms with Gasteiger partial charge in [-0.3, -0.25) is 0 Å². The Hall–Kier alpha value is -6.96. The Kier molecular flexibility index (Phi) is 7.50. The van der Waals surface area contributed by atoms with Crippen LogP contribution in [0.1, 0.15) is 47.2 Å². The first-order chi connectivity index (χ1) is 28.0. The molecule has 11 rings (SSSR count). The number of anilines is 3. The lowest BCUT2D eigenvalue weighted by Gasteiger charge is -2.37. The first-order valence-electron chi connectivity index (χ1n) is 20.0. The third-order valence-electron chi connectivity index (χ3n) is 12.7. The number of rotatable bonds is 7. The molecule has 1 heteroatoms. The van der Waals surface area contributed by atoms with Crippen LogP contribution in [0.2, 0.25) is 0 Å². The van der Waals surface area contributed by atoms with Gasteiger partial charge in [0.1, 0.15) is 0 Å². The van der Waals surface area contributed by atoms with Crippen LogP contribution in [0.15, 0.2) is 212 Å². The van der Waals surface area contributed by atoms with Crippen molar-refractivity contribution in [1.82, 2.24) is 0 Å². The summed E-state index contributed by atoms with van der Waals surface area (Å²) in [5.74, 6) is 0. The molecule has 1 nitrogen and oxygen atoms in total. The van der Waals surface area contributed by atoms with Crippen molar-refractivity contribution in [2.45, 2.75) is 24.7 Å². The molecule has 0 aromatic heterocycles. The predicted molar refractivity (Wildman–Crippen MR) is 239 cm³/mol. The summed E-state index contributed by atoms with van der Waals surface area (Å²) in [7, 11) is 0. The summed E-state index contributed by atoms with van der Waals surface area (Å²) in [6.07, 6.45) is 0. The van der Waals surface area contributed by atoms with E-state index in [4.69, 9.17) is 0 Å². The molecule has 57 heavy (non-hydrogen) atoms. The van der Waals surface area contributed by atoms with Gasteiger partial charge in [0.25, 0.3) is 0 Å². The molecule has 0 N–H and O–H groups in total. The van der Waals surface area contributed by atoms with Crippen LogP contribution in [0.25, 0.3) is 44.2 Å². The Morgan fingerprint density at radius 3 is 1.51 bits per heavy atom. The van der Waals surface area contributed by atoms with Crippen LogP contribution >= 0.6 is 0 Å². The molecule has 270 valence electrons. The highest BCUT2D eigenvalue weighted by atomic mass is 15.1. The summed E-state index contributed by atoms with van der Waals surface area (Å²) >= 11 is 0. The zero-order valence-electron chi connectivity index (χ0n) is 32.2. The molecule has 0 bridgehead atoms. The molecule has 0 saturated heterocycles. The van der Waals surface area contributed by atoms with Crippen LogP contribution in [0.5, 0.6) is 0 Å². The second-order valence-electron chi connectivity index (χ2n) is 16.1. The molecular weight excluding hydrogens is 687 g/mol. The zero-order valence-corrected chi connectivity index (χ0v) is 32.2. The predicted octanol–water partition coefficient (Wildman–Crippen LogP) is 14.6. The van der Waals surface area contributed by atoms with Crippen molar-refractivity contribution in [3.8, 4) is 33.4 Å². The third-order valence-corrected chi connectivity index (χ3v) is 12.7. The van der Waals surface area contributed by atoms with Crippen LogP contribution in [0.4, 0.5) is 17.1 Å². The summed E-state index contributed by atoms with van der Waals surface area (Å²) in [5, 5.41) is 2.51. The monoisotopic (exact) mass is 727 g/mol. The second-order valence-corrected chi connectivity index (χ2v) is 16.1. The van der Waals surface area contributed by atoms with Gasteiger partial charge >= 0.3 is 0 Å². The van der Waals surface area contributed by atoms with E-state index in [9.17, 15) is 0 Å². The Labute approximate surface area is 335 Å². The molecule has 0 saturated carbocycles. The van der Waals surface area contributed by atoms with Gasteiger partial charge in [0.2, 0.25) is 0 Å². The minimum atomic E-state index is -0.481. The van der Waals surface area contributed by atoms with Gasteiger partial charge in [-0.15, -0.1) is 0 Å². The second kappa shape index (κ2) is 12.8. The molecule has 0 aliphatic heterocycles. The summed E-state index contributed by atoms with van der Waals surface area (Å²) in [6.45, 7) is 4.77. The SMILES string of the molecule is CC1(C)c2cccc3c2-c2c1cccc2C3(c1ccccc1)c1cccc(N(c2ccc(-c3ccccc3)cc2)c2ccc(-c3cccc4ccccc34)cc2)c1. The van der Waals surface area contributed by atoms with Gasteiger partial charge in [0, 0.05) is 22.5 Å². The standard InChI is InChI=1S/C56H41N/c1-55(2)49-25-13-27-51-53(49)54-50(55)26-14-28-52(54)56(51,42-19-7-4-8-20-42)43-21-12-22-46(37-43)57(44-33-29-39(30-34-44)38-15-5-3-6-16-38)45-35-31-41(32-36-45)48-24-11-18-40-17-9-10-23-47(40)48/h3-37H,1-2H3. The summed E-state index contributed by atoms with van der Waals surface area (Å²) in [5.41, 5.74) is 18.6. The average molecular weight is 728 g/mol. The molecular formula is C56H41N. The third kappa shape index (κ3) is 4.95. The largest absolute Gasteiger partial charge is 0.310 e. The molecule has 0 unspecified atom stereocenters. The van der Waals surface area contributed by atoms with Crippen molar-refractivity contribution in [3.63, 3.8) is 0 Å². The summed E-state index contributed by atoms with van der Waals surface area (Å²) < 4.78 is 0. The van der Waals surface area contributed by atoms with E-state index in [2.05, 4.69) is 231 Å². The fourth-order valence-corrected chi connectivity index (χ4v) is 10.1. The maximum Gasteiger partial charge on any atom is 0.0714 e. The van der Waals surface area contributed by atoms with Crippen LogP contribution in [-0.4, -0.2) is 0 Å². The highest BCUT2D eigenvalue weighted by Gasteiger charge is 2.52. The topological polar surface area (TPSA) is 3.24 Å². The van der Waals surface area contributed by atoms with Crippen molar-refractivity contribution < 1.29 is 0 Å². The highest BCUT2D eigenvalue weighted by Crippen LogP contribution is 2.64. The van der Waals surface area contributed by atoms with E-state index in [0.29, 0.717) is 0 Å². The molecule has 0 atom stereocenters. The number of benzene rings is 9. The molecule has 0 radical (unpaired) electrons. The maximum absolute atomic E-state index is 2.45. The minimum absolute atomic E-state index is 0.0533. The molecule has 9 aromatic rings. The number of fused-ring (bicyclic) bond motifs is 1. The average Bonchev–Trinajstić information content (AvgIpc) is 3.71. The van der Waals surface area contributed by atoms with Crippen molar-refractivity contribution >= 4 is 27.8 Å². The first kappa shape index (κ1) is 33.4. The lowest BCUT2D eigenvalue weighted by atomic mass is 9.66. The normalized spacial score (nSPS) is 14.1.